The molecule has 10 aromatic rings. The van der Waals surface area contributed by atoms with E-state index in [0.29, 0.717) is 5.82 Å². The number of rotatable bonds is 6. The molecule has 0 fully saturated rings. The zero-order chi connectivity index (χ0) is 35.1. The molecule has 0 unspecified atom stereocenters. The third-order valence-electron chi connectivity index (χ3n) is 10.1. The molecule has 0 N–H and O–H groups in total. The maximum atomic E-state index is 6.54. The molecule has 8 aromatic carbocycles. The summed E-state index contributed by atoms with van der Waals surface area (Å²) in [7, 11) is 0. The van der Waals surface area contributed by atoms with Crippen LogP contribution in [0.25, 0.3) is 100.0 Å². The van der Waals surface area contributed by atoms with Gasteiger partial charge in [-0.1, -0.05) is 164 Å². The summed E-state index contributed by atoms with van der Waals surface area (Å²) in [5.74, 6) is 0.701. The zero-order valence-corrected chi connectivity index (χ0v) is 28.8. The number of benzene rings is 8. The molecule has 0 aliphatic heterocycles. The molecule has 3 nitrogen and oxygen atoms in total. The second kappa shape index (κ2) is 12.9. The molecule has 2 aromatic heterocycles. The molecule has 2 heterocycles. The summed E-state index contributed by atoms with van der Waals surface area (Å²) < 4.78 is 6.54. The first-order chi connectivity index (χ1) is 26.2. The topological polar surface area (TPSA) is 38.9 Å². The lowest BCUT2D eigenvalue weighted by Gasteiger charge is -2.11. The molecular formula is C50H32N2O. The maximum absolute atomic E-state index is 6.54. The van der Waals surface area contributed by atoms with Crippen molar-refractivity contribution < 1.29 is 4.42 Å². The Kier molecular flexibility index (Phi) is 7.47. The van der Waals surface area contributed by atoms with Gasteiger partial charge in [-0.05, 0) is 69.1 Å². The fourth-order valence-electron chi connectivity index (χ4n) is 7.42. The van der Waals surface area contributed by atoms with Crippen LogP contribution in [-0.4, -0.2) is 9.97 Å². The van der Waals surface area contributed by atoms with E-state index in [1.807, 2.05) is 24.3 Å². The zero-order valence-electron chi connectivity index (χ0n) is 28.8. The molecule has 248 valence electrons. The summed E-state index contributed by atoms with van der Waals surface area (Å²) in [6, 6.07) is 68.0. The van der Waals surface area contributed by atoms with Crippen molar-refractivity contribution in [1.29, 1.82) is 0 Å². The Balaban J connectivity index is 1.05. The minimum atomic E-state index is 0.701. The summed E-state index contributed by atoms with van der Waals surface area (Å²) in [5, 5.41) is 4.54. The van der Waals surface area contributed by atoms with Crippen LogP contribution in [0, 0.1) is 0 Å². The van der Waals surface area contributed by atoms with E-state index in [-0.39, 0.29) is 0 Å². The van der Waals surface area contributed by atoms with Crippen LogP contribution in [0.1, 0.15) is 0 Å². The third-order valence-corrected chi connectivity index (χ3v) is 10.1. The van der Waals surface area contributed by atoms with Gasteiger partial charge in [0.15, 0.2) is 5.82 Å². The van der Waals surface area contributed by atoms with Crippen LogP contribution in [0.4, 0.5) is 0 Å². The Bertz CT molecular complexity index is 2910. The van der Waals surface area contributed by atoms with Crippen molar-refractivity contribution in [3.8, 4) is 67.3 Å². The largest absolute Gasteiger partial charge is 0.455 e. The highest BCUT2D eigenvalue weighted by molar-refractivity contribution is 6.19. The number of aromatic nitrogens is 2. The van der Waals surface area contributed by atoms with Gasteiger partial charge >= 0.3 is 0 Å². The fraction of sp³-hybridized carbons (Fsp3) is 0. The summed E-state index contributed by atoms with van der Waals surface area (Å²) in [6.45, 7) is 0. The Morgan fingerprint density at radius 2 is 0.830 bits per heavy atom. The van der Waals surface area contributed by atoms with Crippen LogP contribution in [-0.2, 0) is 0 Å². The van der Waals surface area contributed by atoms with Gasteiger partial charge in [0.1, 0.15) is 11.2 Å². The molecule has 0 saturated carbocycles. The first-order valence-corrected chi connectivity index (χ1v) is 17.9. The van der Waals surface area contributed by atoms with Crippen LogP contribution >= 0.6 is 0 Å². The van der Waals surface area contributed by atoms with Crippen LogP contribution in [0.5, 0.6) is 0 Å². The minimum Gasteiger partial charge on any atom is -0.455 e. The highest BCUT2D eigenvalue weighted by Gasteiger charge is 2.16. The van der Waals surface area contributed by atoms with Gasteiger partial charge in [-0.2, -0.15) is 0 Å². The standard InChI is InChI=1S/C50H32N2O/c1-4-13-33(14-5-1)38-19-12-20-40(29-38)47-32-46(51-50(52-47)37-17-8-3-9-18-37)36-25-23-34(24-26-36)39-27-28-48-44(30-39)45-31-43(35-15-6-2-7-16-35)41-21-10-11-22-42(41)49(45)53-48/h1-32H. The quantitative estimate of drug-likeness (QED) is 0.176. The van der Waals surface area contributed by atoms with Crippen molar-refractivity contribution in [2.24, 2.45) is 0 Å². The predicted octanol–water partition coefficient (Wildman–Crippen LogP) is 13.5. The average Bonchev–Trinajstić information content (AvgIpc) is 3.62. The third kappa shape index (κ3) is 5.65. The van der Waals surface area contributed by atoms with Crippen molar-refractivity contribution in [1.82, 2.24) is 9.97 Å². The van der Waals surface area contributed by atoms with Gasteiger partial charge in [0.2, 0.25) is 0 Å². The van der Waals surface area contributed by atoms with Crippen molar-refractivity contribution in [3.05, 3.63) is 194 Å². The summed E-state index contributed by atoms with van der Waals surface area (Å²) in [5.41, 5.74) is 13.6. The van der Waals surface area contributed by atoms with E-state index < -0.39 is 0 Å². The minimum absolute atomic E-state index is 0.701. The fourth-order valence-corrected chi connectivity index (χ4v) is 7.42. The lowest BCUT2D eigenvalue weighted by Crippen LogP contribution is -1.96. The first-order valence-electron chi connectivity index (χ1n) is 17.9. The molecule has 3 heteroatoms. The average molecular weight is 677 g/mol. The SMILES string of the molecule is c1ccc(-c2cccc(-c3cc(-c4ccc(-c5ccc6oc7c8ccccc8c(-c8ccccc8)cc7c6c5)cc4)nc(-c4ccccc4)n3)c2)cc1. The van der Waals surface area contributed by atoms with Gasteiger partial charge < -0.3 is 4.42 Å². The molecule has 0 atom stereocenters. The second-order valence-corrected chi connectivity index (χ2v) is 13.4. The first kappa shape index (κ1) is 30.7. The van der Waals surface area contributed by atoms with Gasteiger partial charge in [-0.3, -0.25) is 0 Å². The number of nitrogens with zero attached hydrogens (tertiary/aromatic N) is 2. The van der Waals surface area contributed by atoms with Gasteiger partial charge in [0.05, 0.1) is 11.4 Å². The highest BCUT2D eigenvalue weighted by atomic mass is 16.3. The van der Waals surface area contributed by atoms with Crippen molar-refractivity contribution in [2.75, 3.05) is 0 Å². The Labute approximate surface area is 307 Å². The normalized spacial score (nSPS) is 11.4. The molecule has 0 amide bonds. The number of hydrogen-bond donors (Lipinski definition) is 0. The monoisotopic (exact) mass is 676 g/mol. The van der Waals surface area contributed by atoms with Crippen LogP contribution in [0.2, 0.25) is 0 Å². The highest BCUT2D eigenvalue weighted by Crippen LogP contribution is 2.41. The molecule has 0 aliphatic carbocycles. The van der Waals surface area contributed by atoms with E-state index >= 15 is 0 Å². The molecule has 0 aliphatic rings. The van der Waals surface area contributed by atoms with Gasteiger partial charge in [0, 0.05) is 32.8 Å². The molecule has 0 radical (unpaired) electrons. The molecule has 53 heavy (non-hydrogen) atoms. The lowest BCUT2D eigenvalue weighted by molar-refractivity contribution is 0.673. The number of furan rings is 1. The van der Waals surface area contributed by atoms with Crippen molar-refractivity contribution in [2.45, 2.75) is 0 Å². The second-order valence-electron chi connectivity index (χ2n) is 13.4. The molecule has 0 saturated heterocycles. The lowest BCUT2D eigenvalue weighted by atomic mass is 9.94. The van der Waals surface area contributed by atoms with E-state index in [9.17, 15) is 0 Å². The van der Waals surface area contributed by atoms with Crippen LogP contribution < -0.4 is 0 Å². The van der Waals surface area contributed by atoms with E-state index in [0.717, 1.165) is 72.1 Å². The summed E-state index contributed by atoms with van der Waals surface area (Å²) in [6.07, 6.45) is 0. The number of hydrogen-bond acceptors (Lipinski definition) is 3. The number of fused-ring (bicyclic) bond motifs is 5. The molecule has 10 rings (SSSR count). The van der Waals surface area contributed by atoms with E-state index in [2.05, 4.69) is 170 Å². The maximum Gasteiger partial charge on any atom is 0.160 e. The van der Waals surface area contributed by atoms with Crippen molar-refractivity contribution >= 4 is 32.7 Å². The summed E-state index contributed by atoms with van der Waals surface area (Å²) >= 11 is 0. The van der Waals surface area contributed by atoms with Gasteiger partial charge in [-0.15, -0.1) is 0 Å². The Hall–Kier alpha value is -7.10. The van der Waals surface area contributed by atoms with E-state index in [1.165, 1.54) is 22.1 Å². The smallest absolute Gasteiger partial charge is 0.160 e. The van der Waals surface area contributed by atoms with Crippen LogP contribution in [0.3, 0.4) is 0 Å². The predicted molar refractivity (Wildman–Crippen MR) is 219 cm³/mol. The van der Waals surface area contributed by atoms with Crippen LogP contribution in [0.15, 0.2) is 199 Å². The molecular weight excluding hydrogens is 645 g/mol. The van der Waals surface area contributed by atoms with E-state index in [1.54, 1.807) is 0 Å². The molecule has 0 bridgehead atoms. The van der Waals surface area contributed by atoms with Crippen molar-refractivity contribution in [3.63, 3.8) is 0 Å². The van der Waals surface area contributed by atoms with Gasteiger partial charge in [0.25, 0.3) is 0 Å². The Morgan fingerprint density at radius 1 is 0.302 bits per heavy atom. The van der Waals surface area contributed by atoms with Gasteiger partial charge in [-0.25, -0.2) is 9.97 Å². The van der Waals surface area contributed by atoms with E-state index in [4.69, 9.17) is 14.4 Å². The summed E-state index contributed by atoms with van der Waals surface area (Å²) in [4.78, 5) is 10.2. The Morgan fingerprint density at radius 3 is 1.57 bits per heavy atom. The molecule has 0 spiro atoms.